The molecule has 0 saturated heterocycles. The molecule has 0 aliphatic carbocycles. The second-order valence-electron chi connectivity index (χ2n) is 3.82. The van der Waals surface area contributed by atoms with Crippen LogP contribution in [0.4, 0.5) is 0 Å². The van der Waals surface area contributed by atoms with Crippen molar-refractivity contribution in [3.63, 3.8) is 0 Å². The van der Waals surface area contributed by atoms with Crippen LogP contribution in [0.15, 0.2) is 101 Å². The minimum Gasteiger partial charge on any atom is -0.473 e. The minimum atomic E-state index is -0.715. The maximum absolute atomic E-state index is 11.2. The van der Waals surface area contributed by atoms with Crippen molar-refractivity contribution < 1.29 is 13.6 Å². The molecular formula is C17H17N3O3. The number of nitrogens with zero attached hydrogens (tertiary/aromatic N) is 2. The maximum Gasteiger partial charge on any atom is 0.269 e. The van der Waals surface area contributed by atoms with Crippen LogP contribution in [0.1, 0.15) is 10.5 Å². The highest BCUT2D eigenvalue weighted by atomic mass is 16.3. The molecule has 118 valence electrons. The lowest BCUT2D eigenvalue weighted by atomic mass is 10.4. The van der Waals surface area contributed by atoms with Gasteiger partial charge in [0.2, 0.25) is 0 Å². The van der Waals surface area contributed by atoms with Crippen LogP contribution < -0.4 is 5.73 Å². The topological polar surface area (TPSA) is 95.2 Å². The molecule has 1 heterocycles. The van der Waals surface area contributed by atoms with Crippen LogP contribution in [-0.2, 0) is 0 Å². The van der Waals surface area contributed by atoms with E-state index in [4.69, 9.17) is 14.6 Å². The maximum atomic E-state index is 11.2. The summed E-state index contributed by atoms with van der Waals surface area (Å²) in [6.45, 7) is 0. The summed E-state index contributed by atoms with van der Waals surface area (Å²) in [7, 11) is 0. The van der Waals surface area contributed by atoms with E-state index in [9.17, 15) is 4.79 Å². The molecule has 0 atom stereocenters. The highest BCUT2D eigenvalue weighted by molar-refractivity contribution is 5.90. The molecule has 1 amide bonds. The van der Waals surface area contributed by atoms with E-state index < -0.39 is 5.91 Å². The van der Waals surface area contributed by atoms with Crippen LogP contribution in [0.2, 0.25) is 0 Å². The van der Waals surface area contributed by atoms with Crippen molar-refractivity contribution in [2.75, 3.05) is 0 Å². The Bertz CT molecular complexity index is 657. The number of hydrogen-bond acceptors (Lipinski definition) is 5. The van der Waals surface area contributed by atoms with Crippen LogP contribution in [0.5, 0.6) is 0 Å². The van der Waals surface area contributed by atoms with Crippen molar-refractivity contribution in [3.05, 3.63) is 97.9 Å². The fourth-order valence-corrected chi connectivity index (χ4v) is 1.14. The van der Waals surface area contributed by atoms with Crippen LogP contribution in [0, 0.1) is 0 Å². The van der Waals surface area contributed by atoms with E-state index in [1.165, 1.54) is 31.2 Å². The average Bonchev–Trinajstić information content (AvgIpc) is 2.53. The Labute approximate surface area is 133 Å². The molecule has 6 nitrogen and oxygen atoms in total. The van der Waals surface area contributed by atoms with Crippen molar-refractivity contribution >= 4 is 5.91 Å². The van der Waals surface area contributed by atoms with Gasteiger partial charge in [0.15, 0.2) is 6.39 Å². The molecule has 1 rings (SSSR count). The zero-order valence-corrected chi connectivity index (χ0v) is 12.4. The first-order valence-corrected chi connectivity index (χ1v) is 6.64. The smallest absolute Gasteiger partial charge is 0.269 e. The summed E-state index contributed by atoms with van der Waals surface area (Å²) in [6.07, 6.45) is 8.09. The van der Waals surface area contributed by atoms with Crippen LogP contribution in [0.25, 0.3) is 0 Å². The number of nitrogens with two attached hydrogens (primary N) is 1. The highest BCUT2D eigenvalue weighted by Gasteiger charge is 1.96. The molecule has 0 fully saturated rings. The van der Waals surface area contributed by atoms with Crippen molar-refractivity contribution in [2.24, 2.45) is 5.73 Å². The lowest BCUT2D eigenvalue weighted by Gasteiger charge is -1.85. The molecule has 0 aliphatic heterocycles. The Morgan fingerprint density at radius 3 is 2.04 bits per heavy atom. The average molecular weight is 311 g/mol. The zero-order valence-electron chi connectivity index (χ0n) is 12.4. The van der Waals surface area contributed by atoms with E-state index in [1.807, 2.05) is 30.3 Å². The first kappa shape index (κ1) is 17.6. The zero-order chi connectivity index (χ0) is 16.6. The van der Waals surface area contributed by atoms with Gasteiger partial charge >= 0.3 is 0 Å². The molecule has 23 heavy (non-hydrogen) atoms. The molecule has 0 bridgehead atoms. The normalized spacial score (nSPS) is 8.35. The molecule has 2 N–H and O–H groups in total. The van der Waals surface area contributed by atoms with E-state index in [1.54, 1.807) is 24.3 Å². The molecule has 1 aromatic rings. The monoisotopic (exact) mass is 311 g/mol. The van der Waals surface area contributed by atoms with E-state index in [2.05, 4.69) is 9.97 Å². The number of hydrogen-bond donors (Lipinski definition) is 1. The lowest BCUT2D eigenvalue weighted by molar-refractivity contribution is 0.0995. The molecule has 0 aromatic carbocycles. The number of carbonyl (C=O) groups is 1. The van der Waals surface area contributed by atoms with Gasteiger partial charge in [0, 0.05) is 6.20 Å². The van der Waals surface area contributed by atoms with E-state index >= 15 is 0 Å². The summed E-state index contributed by atoms with van der Waals surface area (Å²) >= 11 is 0. The van der Waals surface area contributed by atoms with Gasteiger partial charge < -0.3 is 14.6 Å². The number of carbonyl (C=O) groups excluding carboxylic acids is 1. The van der Waals surface area contributed by atoms with Crippen LogP contribution >= 0.6 is 0 Å². The Hall–Kier alpha value is -3.41. The molecular weight excluding hydrogens is 294 g/mol. The third-order valence-electron chi connectivity index (χ3n) is 2.12. The van der Waals surface area contributed by atoms with E-state index in [0.29, 0.717) is 0 Å². The van der Waals surface area contributed by atoms with Gasteiger partial charge in [-0.3, -0.25) is 9.78 Å². The summed E-state index contributed by atoms with van der Waals surface area (Å²) in [5, 5.41) is 0. The van der Waals surface area contributed by atoms with Gasteiger partial charge in [-0.25, -0.2) is 4.98 Å². The summed E-state index contributed by atoms with van der Waals surface area (Å²) in [5.74, 6) is -0.715. The third-order valence-corrected chi connectivity index (χ3v) is 2.12. The first-order valence-electron chi connectivity index (χ1n) is 6.64. The van der Waals surface area contributed by atoms with E-state index in [-0.39, 0.29) is 5.69 Å². The van der Waals surface area contributed by atoms with E-state index in [0.717, 1.165) is 6.39 Å². The number of amides is 1. The Kier molecular flexibility index (Phi) is 9.46. The molecule has 0 radical (unpaired) electrons. The minimum absolute atomic E-state index is 0.0399. The van der Waals surface area contributed by atoms with Gasteiger partial charge in [0.25, 0.3) is 5.91 Å². The Balaban J connectivity index is 3.23. The SMILES string of the molecule is NC(=O)c1cncccoccccccccccocn1. The van der Waals surface area contributed by atoms with Gasteiger partial charge in [-0.1, -0.05) is 36.4 Å². The summed E-state index contributed by atoms with van der Waals surface area (Å²) in [6, 6.07) is 16.0. The van der Waals surface area contributed by atoms with Gasteiger partial charge in [0.1, 0.15) is 5.69 Å². The molecule has 1 aromatic heterocycles. The van der Waals surface area contributed by atoms with Gasteiger partial charge in [-0.2, -0.15) is 0 Å². The number of primary amides is 1. The predicted molar refractivity (Wildman–Crippen MR) is 85.6 cm³/mol. The van der Waals surface area contributed by atoms with Gasteiger partial charge in [-0.05, 0) is 18.2 Å². The Morgan fingerprint density at radius 1 is 0.826 bits per heavy atom. The van der Waals surface area contributed by atoms with Gasteiger partial charge in [0.05, 0.1) is 25.0 Å². The molecule has 0 saturated carbocycles. The first-order chi connectivity index (χ1) is 11.3. The Morgan fingerprint density at radius 2 is 1.39 bits per heavy atom. The predicted octanol–water partition coefficient (Wildman–Crippen LogP) is 3.26. The fourth-order valence-electron chi connectivity index (χ4n) is 1.14. The quantitative estimate of drug-likeness (QED) is 0.858. The summed E-state index contributed by atoms with van der Waals surface area (Å²) in [4.78, 5) is 18.8. The van der Waals surface area contributed by atoms with Crippen LogP contribution in [0.3, 0.4) is 0 Å². The number of rotatable bonds is 1. The van der Waals surface area contributed by atoms with Gasteiger partial charge in [-0.15, -0.1) is 0 Å². The largest absolute Gasteiger partial charge is 0.473 e. The third kappa shape index (κ3) is 10.0. The van der Waals surface area contributed by atoms with Crippen molar-refractivity contribution in [1.29, 1.82) is 0 Å². The van der Waals surface area contributed by atoms with Crippen LogP contribution in [-0.4, -0.2) is 15.9 Å². The summed E-state index contributed by atoms with van der Waals surface area (Å²) < 4.78 is 10.1. The fraction of sp³-hybridized carbons (Fsp3) is 0. The number of aromatic nitrogens is 2. The molecule has 6 heteroatoms. The second-order valence-corrected chi connectivity index (χ2v) is 3.82. The lowest BCUT2D eigenvalue weighted by Crippen LogP contribution is -2.12. The second kappa shape index (κ2) is 12.3. The molecule has 0 aliphatic rings. The van der Waals surface area contributed by atoms with Crippen molar-refractivity contribution in [2.45, 2.75) is 0 Å². The summed E-state index contributed by atoms with van der Waals surface area (Å²) in [5.41, 5.74) is 5.13. The molecule has 0 unspecified atom stereocenters. The molecule has 0 spiro atoms. The standard InChI is InChI=1S/C17H17N3O3/c18-17(21)16-14-19-10-9-13-22-11-7-5-3-1-2-4-6-8-12-23-15-20-16/h1-15H,(H2,18,21). The van der Waals surface area contributed by atoms with Crippen molar-refractivity contribution in [3.8, 4) is 0 Å². The van der Waals surface area contributed by atoms with Crippen molar-refractivity contribution in [1.82, 2.24) is 9.97 Å². The highest BCUT2D eigenvalue weighted by Crippen LogP contribution is 1.84.